The van der Waals surface area contributed by atoms with Crippen LogP contribution in [0.5, 0.6) is 5.75 Å². The lowest BCUT2D eigenvalue weighted by atomic mass is 10.1. The predicted molar refractivity (Wildman–Crippen MR) is 79.2 cm³/mol. The number of ether oxygens (including phenoxy) is 1. The van der Waals surface area contributed by atoms with Crippen LogP contribution in [0.4, 0.5) is 5.69 Å². The third-order valence-electron chi connectivity index (χ3n) is 2.68. The molecule has 114 valence electrons. The van der Waals surface area contributed by atoms with Crippen molar-refractivity contribution in [2.24, 2.45) is 0 Å². The van der Waals surface area contributed by atoms with E-state index in [1.807, 2.05) is 13.8 Å². The second kappa shape index (κ2) is 6.66. The minimum Gasteiger partial charge on any atom is -0.489 e. The molecule has 0 fully saturated rings. The van der Waals surface area contributed by atoms with E-state index in [0.29, 0.717) is 11.3 Å². The second-order valence-electron chi connectivity index (χ2n) is 4.77. The number of carboxylic acids is 1. The molecule has 22 heavy (non-hydrogen) atoms. The highest BCUT2D eigenvalue weighted by Crippen LogP contribution is 2.27. The Kier molecular flexibility index (Phi) is 4.67. The van der Waals surface area contributed by atoms with Crippen molar-refractivity contribution >= 4 is 17.6 Å². The minimum atomic E-state index is -1.09. The van der Waals surface area contributed by atoms with Crippen molar-refractivity contribution in [1.82, 2.24) is 10.2 Å². The summed E-state index contributed by atoms with van der Waals surface area (Å²) in [6.45, 7) is 3.67. The molecule has 0 radical (unpaired) electrons. The summed E-state index contributed by atoms with van der Waals surface area (Å²) >= 11 is 0. The Morgan fingerprint density at radius 1 is 1.18 bits per heavy atom. The molecule has 7 heteroatoms. The molecule has 2 rings (SSSR count). The van der Waals surface area contributed by atoms with E-state index in [9.17, 15) is 9.59 Å². The van der Waals surface area contributed by atoms with Gasteiger partial charge in [-0.25, -0.2) is 4.79 Å². The third-order valence-corrected chi connectivity index (χ3v) is 2.68. The van der Waals surface area contributed by atoms with Gasteiger partial charge >= 0.3 is 5.97 Å². The van der Waals surface area contributed by atoms with Crippen molar-refractivity contribution in [2.45, 2.75) is 20.0 Å². The molecule has 7 nitrogen and oxygen atoms in total. The topological polar surface area (TPSA) is 101 Å². The summed E-state index contributed by atoms with van der Waals surface area (Å²) in [5.74, 6) is -1.11. The fourth-order valence-electron chi connectivity index (χ4n) is 1.74. The smallest absolute Gasteiger partial charge is 0.335 e. The van der Waals surface area contributed by atoms with E-state index in [-0.39, 0.29) is 17.4 Å². The minimum absolute atomic E-state index is 0.0549. The van der Waals surface area contributed by atoms with Crippen LogP contribution in [0.3, 0.4) is 0 Å². The number of nitrogens with zero attached hydrogens (tertiary/aromatic N) is 2. The summed E-state index contributed by atoms with van der Waals surface area (Å²) in [6, 6.07) is 5.80. The van der Waals surface area contributed by atoms with Gasteiger partial charge in [-0.2, -0.15) is 10.2 Å². The molecule has 0 saturated carbocycles. The number of hydrogen-bond acceptors (Lipinski definition) is 5. The molecule has 0 atom stereocenters. The largest absolute Gasteiger partial charge is 0.489 e. The second-order valence-corrected chi connectivity index (χ2v) is 4.77. The molecule has 1 aromatic carbocycles. The van der Waals surface area contributed by atoms with Gasteiger partial charge in [0.2, 0.25) is 0 Å². The predicted octanol–water partition coefficient (Wildman–Crippen LogP) is 2.21. The Bertz CT molecular complexity index is 686. The molecule has 0 aliphatic heterocycles. The van der Waals surface area contributed by atoms with Crippen molar-refractivity contribution in [3.8, 4) is 5.75 Å². The fraction of sp³-hybridized carbons (Fsp3) is 0.200. The molecular formula is C15H15N3O4. The highest BCUT2D eigenvalue weighted by molar-refractivity contribution is 6.05. The number of carbonyl (C=O) groups excluding carboxylic acids is 1. The normalized spacial score (nSPS) is 10.3. The molecule has 2 N–H and O–H groups in total. The number of carboxylic acid groups (broad SMARTS) is 1. The SMILES string of the molecule is CC(C)Oc1ccc(C(=O)O)cc1NC(=O)c1ccnnc1. The van der Waals surface area contributed by atoms with E-state index in [4.69, 9.17) is 9.84 Å². The molecule has 1 heterocycles. The number of benzene rings is 1. The van der Waals surface area contributed by atoms with Crippen LogP contribution in [-0.2, 0) is 0 Å². The van der Waals surface area contributed by atoms with Crippen LogP contribution in [0.15, 0.2) is 36.7 Å². The van der Waals surface area contributed by atoms with Gasteiger partial charge in [0, 0.05) is 0 Å². The molecule has 1 amide bonds. The maximum atomic E-state index is 12.2. The summed E-state index contributed by atoms with van der Waals surface area (Å²) < 4.78 is 5.58. The molecule has 0 spiro atoms. The molecule has 0 unspecified atom stereocenters. The van der Waals surface area contributed by atoms with Crippen LogP contribution >= 0.6 is 0 Å². The third kappa shape index (κ3) is 3.78. The van der Waals surface area contributed by atoms with E-state index in [2.05, 4.69) is 15.5 Å². The van der Waals surface area contributed by atoms with Crippen LogP contribution < -0.4 is 10.1 Å². The summed E-state index contributed by atoms with van der Waals surface area (Å²) in [5.41, 5.74) is 0.654. The van der Waals surface area contributed by atoms with Gasteiger partial charge in [-0.15, -0.1) is 0 Å². The zero-order valence-corrected chi connectivity index (χ0v) is 12.1. The number of anilines is 1. The van der Waals surface area contributed by atoms with E-state index in [1.165, 1.54) is 36.7 Å². The first kappa shape index (κ1) is 15.4. The molecule has 0 aliphatic rings. The lowest BCUT2D eigenvalue weighted by Gasteiger charge is -2.15. The Labute approximate surface area is 127 Å². The Balaban J connectivity index is 2.32. The van der Waals surface area contributed by atoms with Gasteiger partial charge in [-0.05, 0) is 38.1 Å². The molecule has 1 aromatic heterocycles. The zero-order chi connectivity index (χ0) is 16.1. The quantitative estimate of drug-likeness (QED) is 0.878. The van der Waals surface area contributed by atoms with Gasteiger partial charge in [-0.3, -0.25) is 4.79 Å². The van der Waals surface area contributed by atoms with Gasteiger partial charge in [0.15, 0.2) is 0 Å². The van der Waals surface area contributed by atoms with Crippen LogP contribution in [-0.4, -0.2) is 33.3 Å². The molecular weight excluding hydrogens is 286 g/mol. The maximum absolute atomic E-state index is 12.2. The summed E-state index contributed by atoms with van der Waals surface area (Å²) in [4.78, 5) is 23.2. The van der Waals surface area contributed by atoms with Gasteiger partial charge in [-0.1, -0.05) is 0 Å². The maximum Gasteiger partial charge on any atom is 0.335 e. The monoisotopic (exact) mass is 301 g/mol. The first-order valence-corrected chi connectivity index (χ1v) is 6.59. The van der Waals surface area contributed by atoms with E-state index in [1.54, 1.807) is 0 Å². The van der Waals surface area contributed by atoms with Gasteiger partial charge in [0.1, 0.15) is 5.75 Å². The van der Waals surface area contributed by atoms with Gasteiger partial charge < -0.3 is 15.2 Å². The lowest BCUT2D eigenvalue weighted by molar-refractivity contribution is 0.0696. The standard InChI is InChI=1S/C15H15N3O4/c1-9(2)22-13-4-3-10(15(20)21)7-12(13)18-14(19)11-5-6-16-17-8-11/h3-9H,1-2H3,(H,18,19)(H,20,21). The molecule has 2 aromatic rings. The Morgan fingerprint density at radius 3 is 2.55 bits per heavy atom. The van der Waals surface area contributed by atoms with Crippen LogP contribution in [0.25, 0.3) is 0 Å². The number of amides is 1. The summed E-state index contributed by atoms with van der Waals surface area (Å²) in [6.07, 6.45) is 2.60. The van der Waals surface area contributed by atoms with Gasteiger partial charge in [0.05, 0.1) is 35.3 Å². The molecule has 0 saturated heterocycles. The number of aromatic nitrogens is 2. The van der Waals surface area contributed by atoms with Crippen molar-refractivity contribution in [1.29, 1.82) is 0 Å². The Hall–Kier alpha value is -2.96. The average Bonchev–Trinajstić information content (AvgIpc) is 2.49. The molecule has 0 bridgehead atoms. The summed E-state index contributed by atoms with van der Waals surface area (Å²) in [5, 5.41) is 18.9. The van der Waals surface area contributed by atoms with Crippen LogP contribution in [0.2, 0.25) is 0 Å². The zero-order valence-electron chi connectivity index (χ0n) is 12.1. The average molecular weight is 301 g/mol. The van der Waals surface area contributed by atoms with Crippen LogP contribution in [0, 0.1) is 0 Å². The van der Waals surface area contributed by atoms with Crippen molar-refractivity contribution in [3.05, 3.63) is 47.8 Å². The van der Waals surface area contributed by atoms with E-state index < -0.39 is 11.9 Å². The lowest BCUT2D eigenvalue weighted by Crippen LogP contribution is -2.15. The van der Waals surface area contributed by atoms with Crippen LogP contribution in [0.1, 0.15) is 34.6 Å². The first-order chi connectivity index (χ1) is 10.5. The summed E-state index contributed by atoms with van der Waals surface area (Å²) in [7, 11) is 0. The number of carbonyl (C=O) groups is 2. The van der Waals surface area contributed by atoms with Crippen molar-refractivity contribution in [3.63, 3.8) is 0 Å². The number of nitrogens with one attached hydrogen (secondary N) is 1. The van der Waals surface area contributed by atoms with Gasteiger partial charge in [0.25, 0.3) is 5.91 Å². The fourth-order valence-corrected chi connectivity index (χ4v) is 1.74. The number of hydrogen-bond donors (Lipinski definition) is 2. The number of aromatic carboxylic acids is 1. The van der Waals surface area contributed by atoms with E-state index >= 15 is 0 Å². The molecule has 0 aliphatic carbocycles. The highest BCUT2D eigenvalue weighted by atomic mass is 16.5. The highest BCUT2D eigenvalue weighted by Gasteiger charge is 2.14. The van der Waals surface area contributed by atoms with E-state index in [0.717, 1.165) is 0 Å². The number of rotatable bonds is 5. The van der Waals surface area contributed by atoms with Crippen molar-refractivity contribution < 1.29 is 19.4 Å². The first-order valence-electron chi connectivity index (χ1n) is 6.59. The van der Waals surface area contributed by atoms with Crippen molar-refractivity contribution in [2.75, 3.05) is 5.32 Å². The Morgan fingerprint density at radius 2 is 1.95 bits per heavy atom.